The average molecular weight is 214 g/mol. The first-order valence-electron chi connectivity index (χ1n) is 6.18. The summed E-state index contributed by atoms with van der Waals surface area (Å²) in [5, 5.41) is 1.32. The van der Waals surface area contributed by atoms with E-state index in [1.807, 2.05) is 6.20 Å². The number of aromatic amines is 1. The van der Waals surface area contributed by atoms with E-state index in [1.165, 1.54) is 42.4 Å². The first kappa shape index (κ1) is 9.76. The Morgan fingerprint density at radius 3 is 3.06 bits per heavy atom. The molecule has 2 heterocycles. The quantitative estimate of drug-likeness (QED) is 0.769. The van der Waals surface area contributed by atoms with Gasteiger partial charge >= 0.3 is 0 Å². The van der Waals surface area contributed by atoms with E-state index >= 15 is 0 Å². The molecule has 2 nitrogen and oxygen atoms in total. The minimum absolute atomic E-state index is 0.685. The molecule has 0 spiro atoms. The zero-order valence-corrected chi connectivity index (χ0v) is 9.74. The molecule has 84 valence electrons. The van der Waals surface area contributed by atoms with Crippen LogP contribution in [0.1, 0.15) is 26.2 Å². The van der Waals surface area contributed by atoms with Gasteiger partial charge in [-0.15, -0.1) is 0 Å². The molecule has 16 heavy (non-hydrogen) atoms. The summed E-state index contributed by atoms with van der Waals surface area (Å²) < 4.78 is 0. The summed E-state index contributed by atoms with van der Waals surface area (Å²) in [5.41, 5.74) is 2.60. The molecule has 1 saturated heterocycles. The van der Waals surface area contributed by atoms with E-state index in [1.54, 1.807) is 0 Å². The summed E-state index contributed by atoms with van der Waals surface area (Å²) in [4.78, 5) is 5.78. The molecule has 1 fully saturated rings. The standard InChI is InChI=1S/C14H18N2/c1-11-4-2-3-9-16(11)13-5-6-14-12(10-13)7-8-15-14/h5-8,10-11,15H,2-4,9H2,1H3. The molecule has 1 aromatic heterocycles. The number of hydrogen-bond donors (Lipinski definition) is 1. The van der Waals surface area contributed by atoms with E-state index in [-0.39, 0.29) is 0 Å². The fourth-order valence-corrected chi connectivity index (χ4v) is 2.70. The van der Waals surface area contributed by atoms with Crippen LogP contribution in [0.15, 0.2) is 30.5 Å². The average Bonchev–Trinajstić information content (AvgIpc) is 2.76. The Kier molecular flexibility index (Phi) is 2.35. The number of hydrogen-bond acceptors (Lipinski definition) is 1. The summed E-state index contributed by atoms with van der Waals surface area (Å²) in [7, 11) is 0. The molecule has 1 N–H and O–H groups in total. The molecule has 0 radical (unpaired) electrons. The van der Waals surface area contributed by atoms with Gasteiger partial charge in [0.1, 0.15) is 0 Å². The number of piperidine rings is 1. The lowest BCUT2D eigenvalue weighted by atomic mass is 10.0. The van der Waals surface area contributed by atoms with Gasteiger partial charge in [0.15, 0.2) is 0 Å². The van der Waals surface area contributed by atoms with Crippen LogP contribution >= 0.6 is 0 Å². The maximum atomic E-state index is 3.24. The van der Waals surface area contributed by atoms with Crippen LogP contribution in [0, 0.1) is 0 Å². The van der Waals surface area contributed by atoms with Crippen molar-refractivity contribution in [1.29, 1.82) is 0 Å². The van der Waals surface area contributed by atoms with Crippen LogP contribution in [0.3, 0.4) is 0 Å². The third-order valence-corrected chi connectivity index (χ3v) is 3.67. The Balaban J connectivity index is 1.97. The lowest BCUT2D eigenvalue weighted by Gasteiger charge is -2.35. The Morgan fingerprint density at radius 2 is 2.19 bits per heavy atom. The molecule has 0 bridgehead atoms. The van der Waals surface area contributed by atoms with Crippen LogP contribution in [0.4, 0.5) is 5.69 Å². The second-order valence-corrected chi connectivity index (χ2v) is 4.79. The van der Waals surface area contributed by atoms with E-state index < -0.39 is 0 Å². The van der Waals surface area contributed by atoms with Gasteiger partial charge in [0.2, 0.25) is 0 Å². The number of nitrogens with one attached hydrogen (secondary N) is 1. The van der Waals surface area contributed by atoms with Gasteiger partial charge in [-0.3, -0.25) is 0 Å². The zero-order valence-electron chi connectivity index (χ0n) is 9.74. The SMILES string of the molecule is CC1CCCCN1c1ccc2[nH]ccc2c1. The molecule has 2 heteroatoms. The largest absolute Gasteiger partial charge is 0.369 e. The number of anilines is 1. The molecule has 0 amide bonds. The van der Waals surface area contributed by atoms with Crippen molar-refractivity contribution in [2.45, 2.75) is 32.2 Å². The van der Waals surface area contributed by atoms with Gasteiger partial charge in [-0.1, -0.05) is 0 Å². The summed E-state index contributed by atoms with van der Waals surface area (Å²) in [5.74, 6) is 0. The van der Waals surface area contributed by atoms with Gasteiger partial charge in [0, 0.05) is 35.4 Å². The minimum atomic E-state index is 0.685. The predicted octanol–water partition coefficient (Wildman–Crippen LogP) is 3.55. The van der Waals surface area contributed by atoms with E-state index in [9.17, 15) is 0 Å². The number of H-pyrrole nitrogens is 1. The van der Waals surface area contributed by atoms with Crippen molar-refractivity contribution in [1.82, 2.24) is 4.98 Å². The van der Waals surface area contributed by atoms with Crippen molar-refractivity contribution in [2.75, 3.05) is 11.4 Å². The van der Waals surface area contributed by atoms with Crippen LogP contribution in [0.2, 0.25) is 0 Å². The Morgan fingerprint density at radius 1 is 1.25 bits per heavy atom. The third kappa shape index (κ3) is 1.58. The van der Waals surface area contributed by atoms with Gasteiger partial charge in [-0.05, 0) is 50.5 Å². The van der Waals surface area contributed by atoms with Crippen molar-refractivity contribution >= 4 is 16.6 Å². The lowest BCUT2D eigenvalue weighted by molar-refractivity contribution is 0.485. The van der Waals surface area contributed by atoms with E-state index in [0.717, 1.165) is 0 Å². The fourth-order valence-electron chi connectivity index (χ4n) is 2.70. The van der Waals surface area contributed by atoms with Gasteiger partial charge in [-0.2, -0.15) is 0 Å². The molecule has 2 aromatic rings. The molecule has 1 aromatic carbocycles. The van der Waals surface area contributed by atoms with E-state index in [0.29, 0.717) is 6.04 Å². The summed E-state index contributed by atoms with van der Waals surface area (Å²) in [6.07, 6.45) is 6.04. The predicted molar refractivity (Wildman–Crippen MR) is 69.0 cm³/mol. The second-order valence-electron chi connectivity index (χ2n) is 4.79. The van der Waals surface area contributed by atoms with Crippen LogP contribution in [-0.2, 0) is 0 Å². The highest BCUT2D eigenvalue weighted by atomic mass is 15.2. The maximum absolute atomic E-state index is 3.24. The van der Waals surface area contributed by atoms with Crippen molar-refractivity contribution < 1.29 is 0 Å². The Labute approximate surface area is 96.3 Å². The molecule has 3 rings (SSSR count). The van der Waals surface area contributed by atoms with E-state index in [2.05, 4.69) is 41.1 Å². The fraction of sp³-hybridized carbons (Fsp3) is 0.429. The Hall–Kier alpha value is -1.44. The summed E-state index contributed by atoms with van der Waals surface area (Å²) in [6.45, 7) is 3.54. The number of aromatic nitrogens is 1. The number of nitrogens with zero attached hydrogens (tertiary/aromatic N) is 1. The monoisotopic (exact) mass is 214 g/mol. The molecular weight excluding hydrogens is 196 g/mol. The lowest BCUT2D eigenvalue weighted by Crippen LogP contribution is -2.37. The first-order valence-corrected chi connectivity index (χ1v) is 6.18. The molecule has 1 aliphatic rings. The van der Waals surface area contributed by atoms with Crippen molar-refractivity contribution in [2.24, 2.45) is 0 Å². The van der Waals surface area contributed by atoms with Crippen LogP contribution in [-0.4, -0.2) is 17.6 Å². The molecule has 1 atom stereocenters. The minimum Gasteiger partial charge on any atom is -0.369 e. The highest BCUT2D eigenvalue weighted by Crippen LogP contribution is 2.27. The third-order valence-electron chi connectivity index (χ3n) is 3.67. The van der Waals surface area contributed by atoms with Crippen molar-refractivity contribution in [3.63, 3.8) is 0 Å². The smallest absolute Gasteiger partial charge is 0.0455 e. The number of fused-ring (bicyclic) bond motifs is 1. The summed E-state index contributed by atoms with van der Waals surface area (Å²) >= 11 is 0. The van der Waals surface area contributed by atoms with Crippen LogP contribution in [0.5, 0.6) is 0 Å². The van der Waals surface area contributed by atoms with Gasteiger partial charge in [0.05, 0.1) is 0 Å². The van der Waals surface area contributed by atoms with Crippen molar-refractivity contribution in [3.8, 4) is 0 Å². The normalized spacial score (nSPS) is 21.6. The molecule has 1 unspecified atom stereocenters. The van der Waals surface area contributed by atoms with Gasteiger partial charge in [0.25, 0.3) is 0 Å². The highest BCUT2D eigenvalue weighted by molar-refractivity contribution is 5.83. The van der Waals surface area contributed by atoms with Crippen LogP contribution < -0.4 is 4.90 Å². The molecule has 1 aliphatic heterocycles. The number of rotatable bonds is 1. The molecular formula is C14H18N2. The van der Waals surface area contributed by atoms with Crippen LogP contribution in [0.25, 0.3) is 10.9 Å². The summed E-state index contributed by atoms with van der Waals surface area (Å²) in [6, 6.07) is 9.55. The van der Waals surface area contributed by atoms with Gasteiger partial charge < -0.3 is 9.88 Å². The van der Waals surface area contributed by atoms with E-state index in [4.69, 9.17) is 0 Å². The van der Waals surface area contributed by atoms with Gasteiger partial charge in [-0.25, -0.2) is 0 Å². The van der Waals surface area contributed by atoms with Crippen molar-refractivity contribution in [3.05, 3.63) is 30.5 Å². The highest BCUT2D eigenvalue weighted by Gasteiger charge is 2.18. The maximum Gasteiger partial charge on any atom is 0.0455 e. The molecule has 0 saturated carbocycles. The zero-order chi connectivity index (χ0) is 11.0. The molecule has 0 aliphatic carbocycles. The second kappa shape index (κ2) is 3.85. The topological polar surface area (TPSA) is 19.0 Å². The number of benzene rings is 1. The Bertz CT molecular complexity index is 486. The first-order chi connectivity index (χ1) is 7.84.